The number of hydrogen-bond donors (Lipinski definition) is 0. The second-order valence-electron chi connectivity index (χ2n) is 7.29. The van der Waals surface area contributed by atoms with Crippen molar-refractivity contribution < 1.29 is 14.2 Å². The maximum Gasteiger partial charge on any atom is 0.119 e. The van der Waals surface area contributed by atoms with E-state index >= 15 is 0 Å². The Bertz CT molecular complexity index is 1180. The van der Waals surface area contributed by atoms with Gasteiger partial charge in [-0.3, -0.25) is 4.68 Å². The van der Waals surface area contributed by atoms with Crippen LogP contribution in [-0.4, -0.2) is 31.1 Å². The second kappa shape index (κ2) is 8.96. The van der Waals surface area contributed by atoms with E-state index < -0.39 is 0 Å². The van der Waals surface area contributed by atoms with Gasteiger partial charge in [-0.1, -0.05) is 36.4 Å². The van der Waals surface area contributed by atoms with Crippen LogP contribution in [0, 0.1) is 6.92 Å². The summed E-state index contributed by atoms with van der Waals surface area (Å²) in [5.74, 6) is 2.46. The Morgan fingerprint density at radius 2 is 1.29 bits per heavy atom. The average Bonchev–Trinajstić information content (AvgIpc) is 3.15. The molecule has 0 aliphatic rings. The summed E-state index contributed by atoms with van der Waals surface area (Å²) in [5, 5.41) is 5.01. The molecule has 0 atom stereocenters. The quantitative estimate of drug-likeness (QED) is 0.395. The maximum atomic E-state index is 5.46. The van der Waals surface area contributed by atoms with Crippen molar-refractivity contribution in [3.63, 3.8) is 0 Å². The first kappa shape index (κ1) is 20.5. The van der Waals surface area contributed by atoms with Gasteiger partial charge < -0.3 is 14.2 Å². The molecule has 0 saturated carbocycles. The first-order valence-electron chi connectivity index (χ1n) is 10.1. The SMILES string of the molecule is COc1ccc(Cn2nc(-c3cccc(OC)c3)c(C)c2-c2cccc(OC)c2)cc1. The van der Waals surface area contributed by atoms with Gasteiger partial charge in [0.2, 0.25) is 0 Å². The molecule has 0 bridgehead atoms. The molecule has 0 N–H and O–H groups in total. The summed E-state index contributed by atoms with van der Waals surface area (Å²) < 4.78 is 18.2. The van der Waals surface area contributed by atoms with E-state index in [0.29, 0.717) is 6.54 Å². The lowest BCUT2D eigenvalue weighted by Crippen LogP contribution is -2.04. The summed E-state index contributed by atoms with van der Waals surface area (Å²) in [5.41, 5.74) is 6.33. The minimum absolute atomic E-state index is 0.640. The van der Waals surface area contributed by atoms with Gasteiger partial charge in [0.15, 0.2) is 0 Å². The molecule has 3 aromatic carbocycles. The standard InChI is InChI=1S/C26H26N2O3/c1-18-25(20-7-5-9-23(15-20)30-3)27-28(17-19-11-13-22(29-2)14-12-19)26(18)21-8-6-10-24(16-21)31-4/h5-16H,17H2,1-4H3. The zero-order chi connectivity index (χ0) is 21.8. The highest BCUT2D eigenvalue weighted by Gasteiger charge is 2.18. The first-order chi connectivity index (χ1) is 15.1. The molecule has 1 heterocycles. The zero-order valence-electron chi connectivity index (χ0n) is 18.3. The normalized spacial score (nSPS) is 10.7. The number of aromatic nitrogens is 2. The Morgan fingerprint density at radius 3 is 1.90 bits per heavy atom. The summed E-state index contributed by atoms with van der Waals surface area (Å²) in [6.07, 6.45) is 0. The van der Waals surface area contributed by atoms with Crippen LogP contribution >= 0.6 is 0 Å². The second-order valence-corrected chi connectivity index (χ2v) is 7.29. The Kier molecular flexibility index (Phi) is 5.94. The van der Waals surface area contributed by atoms with E-state index in [1.165, 1.54) is 0 Å². The van der Waals surface area contributed by atoms with Crippen molar-refractivity contribution in [2.75, 3.05) is 21.3 Å². The average molecular weight is 415 g/mol. The first-order valence-corrected chi connectivity index (χ1v) is 10.1. The lowest BCUT2D eigenvalue weighted by Gasteiger charge is -2.11. The summed E-state index contributed by atoms with van der Waals surface area (Å²) in [7, 11) is 5.03. The third-order valence-corrected chi connectivity index (χ3v) is 5.37. The molecular weight excluding hydrogens is 388 g/mol. The number of methoxy groups -OCH3 is 3. The summed E-state index contributed by atoms with van der Waals surface area (Å²) in [4.78, 5) is 0. The van der Waals surface area contributed by atoms with Gasteiger partial charge in [0.25, 0.3) is 0 Å². The van der Waals surface area contributed by atoms with Gasteiger partial charge in [-0.2, -0.15) is 5.10 Å². The van der Waals surface area contributed by atoms with Crippen LogP contribution in [0.15, 0.2) is 72.8 Å². The van der Waals surface area contributed by atoms with Crippen LogP contribution in [0.1, 0.15) is 11.1 Å². The molecule has 5 heteroatoms. The molecule has 0 fully saturated rings. The van der Waals surface area contributed by atoms with Crippen LogP contribution in [0.4, 0.5) is 0 Å². The molecule has 0 unspecified atom stereocenters. The fourth-order valence-electron chi connectivity index (χ4n) is 3.75. The number of ether oxygens (including phenoxy) is 3. The van der Waals surface area contributed by atoms with Crippen LogP contribution in [-0.2, 0) is 6.54 Å². The van der Waals surface area contributed by atoms with Gasteiger partial charge >= 0.3 is 0 Å². The van der Waals surface area contributed by atoms with Crippen molar-refractivity contribution in [1.29, 1.82) is 0 Å². The molecule has 0 aliphatic carbocycles. The number of nitrogens with zero attached hydrogens (tertiary/aromatic N) is 2. The summed E-state index contributed by atoms with van der Waals surface area (Å²) >= 11 is 0. The van der Waals surface area contributed by atoms with Crippen LogP contribution in [0.25, 0.3) is 22.5 Å². The number of rotatable bonds is 7. The van der Waals surface area contributed by atoms with E-state index in [4.69, 9.17) is 19.3 Å². The van der Waals surface area contributed by atoms with Gasteiger partial charge in [-0.15, -0.1) is 0 Å². The highest BCUT2D eigenvalue weighted by molar-refractivity contribution is 5.75. The van der Waals surface area contributed by atoms with E-state index in [-0.39, 0.29) is 0 Å². The Morgan fingerprint density at radius 1 is 0.710 bits per heavy atom. The van der Waals surface area contributed by atoms with Crippen molar-refractivity contribution in [2.45, 2.75) is 13.5 Å². The molecule has 0 spiro atoms. The fraction of sp³-hybridized carbons (Fsp3) is 0.192. The predicted octanol–water partition coefficient (Wildman–Crippen LogP) is 5.60. The van der Waals surface area contributed by atoms with Crippen LogP contribution in [0.2, 0.25) is 0 Å². The molecular formula is C26H26N2O3. The molecule has 31 heavy (non-hydrogen) atoms. The third-order valence-electron chi connectivity index (χ3n) is 5.37. The molecule has 0 amide bonds. The lowest BCUT2D eigenvalue weighted by molar-refractivity contribution is 0.414. The molecule has 4 aromatic rings. The zero-order valence-corrected chi connectivity index (χ0v) is 18.3. The maximum absolute atomic E-state index is 5.46. The number of benzene rings is 3. The third kappa shape index (κ3) is 4.26. The van der Waals surface area contributed by atoms with E-state index in [1.807, 2.05) is 48.5 Å². The molecule has 1 aromatic heterocycles. The van der Waals surface area contributed by atoms with Gasteiger partial charge in [-0.25, -0.2) is 0 Å². The molecule has 0 aliphatic heterocycles. The van der Waals surface area contributed by atoms with E-state index in [9.17, 15) is 0 Å². The van der Waals surface area contributed by atoms with Gasteiger partial charge in [0, 0.05) is 16.7 Å². The van der Waals surface area contributed by atoms with Crippen molar-refractivity contribution >= 4 is 0 Å². The predicted molar refractivity (Wildman–Crippen MR) is 123 cm³/mol. The summed E-state index contributed by atoms with van der Waals surface area (Å²) in [6, 6.07) is 24.2. The number of hydrogen-bond acceptors (Lipinski definition) is 4. The minimum atomic E-state index is 0.640. The van der Waals surface area contributed by atoms with Crippen molar-refractivity contribution in [3.8, 4) is 39.8 Å². The monoisotopic (exact) mass is 414 g/mol. The molecule has 0 radical (unpaired) electrons. The Hall–Kier alpha value is -3.73. The van der Waals surface area contributed by atoms with Crippen LogP contribution in [0.3, 0.4) is 0 Å². The molecule has 158 valence electrons. The van der Waals surface area contributed by atoms with E-state index in [2.05, 4.69) is 35.9 Å². The Balaban J connectivity index is 1.84. The van der Waals surface area contributed by atoms with Crippen LogP contribution in [0.5, 0.6) is 17.2 Å². The smallest absolute Gasteiger partial charge is 0.119 e. The molecule has 0 saturated heterocycles. The Labute approximate surface area is 182 Å². The van der Waals surface area contributed by atoms with Crippen LogP contribution < -0.4 is 14.2 Å². The highest BCUT2D eigenvalue weighted by Crippen LogP contribution is 2.34. The minimum Gasteiger partial charge on any atom is -0.497 e. The lowest BCUT2D eigenvalue weighted by atomic mass is 10.0. The van der Waals surface area contributed by atoms with E-state index in [1.54, 1.807) is 21.3 Å². The van der Waals surface area contributed by atoms with Crippen molar-refractivity contribution in [3.05, 3.63) is 83.9 Å². The largest absolute Gasteiger partial charge is 0.497 e. The fourth-order valence-corrected chi connectivity index (χ4v) is 3.75. The highest BCUT2D eigenvalue weighted by atomic mass is 16.5. The van der Waals surface area contributed by atoms with Crippen molar-refractivity contribution in [1.82, 2.24) is 9.78 Å². The topological polar surface area (TPSA) is 45.5 Å². The van der Waals surface area contributed by atoms with Gasteiger partial charge in [-0.05, 0) is 48.9 Å². The van der Waals surface area contributed by atoms with Gasteiger partial charge in [0.1, 0.15) is 17.2 Å². The molecule has 5 nitrogen and oxygen atoms in total. The molecule has 4 rings (SSSR count). The van der Waals surface area contributed by atoms with Gasteiger partial charge in [0.05, 0.1) is 39.3 Å². The van der Waals surface area contributed by atoms with E-state index in [0.717, 1.165) is 50.9 Å². The van der Waals surface area contributed by atoms with Crippen molar-refractivity contribution in [2.24, 2.45) is 0 Å². The summed E-state index contributed by atoms with van der Waals surface area (Å²) in [6.45, 7) is 2.75.